The van der Waals surface area contributed by atoms with Gasteiger partial charge >= 0.3 is 12.1 Å². The molecule has 0 saturated heterocycles. The van der Waals surface area contributed by atoms with Crippen molar-refractivity contribution in [3.63, 3.8) is 0 Å². The number of halogens is 3. The molecular formula is C18H16F3NO4. The van der Waals surface area contributed by atoms with Crippen molar-refractivity contribution in [1.29, 1.82) is 0 Å². The molecule has 8 heteroatoms. The van der Waals surface area contributed by atoms with Crippen molar-refractivity contribution in [1.82, 2.24) is 5.32 Å². The average molecular weight is 367 g/mol. The van der Waals surface area contributed by atoms with Gasteiger partial charge in [-0.2, -0.15) is 13.2 Å². The lowest BCUT2D eigenvalue weighted by Gasteiger charge is -2.11. The van der Waals surface area contributed by atoms with Crippen LogP contribution in [0.25, 0.3) is 0 Å². The first-order valence-electron chi connectivity index (χ1n) is 7.47. The molecule has 0 atom stereocenters. The summed E-state index contributed by atoms with van der Waals surface area (Å²) in [5.74, 6) is -0.954. The van der Waals surface area contributed by atoms with Crippen LogP contribution in [0.1, 0.15) is 31.8 Å². The maximum Gasteiger partial charge on any atom is 0.416 e. The molecule has 1 amide bonds. The second-order valence-electron chi connectivity index (χ2n) is 5.29. The topological polar surface area (TPSA) is 64.6 Å². The van der Waals surface area contributed by atoms with Crippen molar-refractivity contribution < 1.29 is 32.2 Å². The molecule has 5 nitrogen and oxygen atoms in total. The third-order valence-electron chi connectivity index (χ3n) is 3.57. The molecule has 0 heterocycles. The molecule has 0 unspecified atom stereocenters. The Hall–Kier alpha value is -3.03. The van der Waals surface area contributed by atoms with E-state index in [0.717, 1.165) is 12.1 Å². The number of benzene rings is 2. The Morgan fingerprint density at radius 3 is 2.42 bits per heavy atom. The van der Waals surface area contributed by atoms with Crippen LogP contribution in [-0.4, -0.2) is 26.1 Å². The van der Waals surface area contributed by atoms with E-state index in [2.05, 4.69) is 10.1 Å². The van der Waals surface area contributed by atoms with Gasteiger partial charge in [-0.05, 0) is 35.9 Å². The zero-order valence-electron chi connectivity index (χ0n) is 14.0. The predicted molar refractivity (Wildman–Crippen MR) is 86.9 cm³/mol. The summed E-state index contributed by atoms with van der Waals surface area (Å²) in [6.07, 6.45) is -4.53. The number of esters is 1. The van der Waals surface area contributed by atoms with Crippen LogP contribution >= 0.6 is 0 Å². The van der Waals surface area contributed by atoms with Crippen molar-refractivity contribution in [2.75, 3.05) is 14.2 Å². The van der Waals surface area contributed by atoms with E-state index in [1.54, 1.807) is 6.07 Å². The molecule has 0 aliphatic rings. The van der Waals surface area contributed by atoms with E-state index >= 15 is 0 Å². The summed E-state index contributed by atoms with van der Waals surface area (Å²) in [5.41, 5.74) is -0.267. The highest BCUT2D eigenvalue weighted by Gasteiger charge is 2.30. The predicted octanol–water partition coefficient (Wildman–Crippen LogP) is 3.43. The van der Waals surface area contributed by atoms with Gasteiger partial charge in [-0.15, -0.1) is 0 Å². The third-order valence-corrected chi connectivity index (χ3v) is 3.57. The first kappa shape index (κ1) is 19.3. The van der Waals surface area contributed by atoms with E-state index in [9.17, 15) is 22.8 Å². The smallest absolute Gasteiger partial charge is 0.416 e. The van der Waals surface area contributed by atoms with Gasteiger partial charge in [0.15, 0.2) is 0 Å². The zero-order chi connectivity index (χ0) is 19.3. The van der Waals surface area contributed by atoms with Crippen LogP contribution in [0.15, 0.2) is 42.5 Å². The first-order chi connectivity index (χ1) is 12.3. The molecule has 2 rings (SSSR count). The highest BCUT2D eigenvalue weighted by molar-refractivity contribution is 5.94. The van der Waals surface area contributed by atoms with E-state index in [1.807, 2.05) is 0 Å². The minimum atomic E-state index is -4.53. The summed E-state index contributed by atoms with van der Waals surface area (Å²) in [6, 6.07) is 8.78. The van der Waals surface area contributed by atoms with E-state index in [4.69, 9.17) is 4.74 Å². The number of ether oxygens (including phenoxy) is 2. The normalized spacial score (nSPS) is 11.0. The Bertz CT molecular complexity index is 818. The van der Waals surface area contributed by atoms with E-state index in [1.165, 1.54) is 38.5 Å². The second kappa shape index (κ2) is 7.90. The fourth-order valence-corrected chi connectivity index (χ4v) is 2.26. The van der Waals surface area contributed by atoms with Gasteiger partial charge in [-0.3, -0.25) is 4.79 Å². The quantitative estimate of drug-likeness (QED) is 0.823. The number of amides is 1. The molecule has 0 saturated carbocycles. The van der Waals surface area contributed by atoms with Gasteiger partial charge in [0.25, 0.3) is 5.91 Å². The first-order valence-corrected chi connectivity index (χ1v) is 7.47. The fourth-order valence-electron chi connectivity index (χ4n) is 2.26. The molecule has 0 aliphatic carbocycles. The van der Waals surface area contributed by atoms with Crippen LogP contribution in [0, 0.1) is 0 Å². The molecule has 26 heavy (non-hydrogen) atoms. The van der Waals surface area contributed by atoms with Crippen molar-refractivity contribution in [2.45, 2.75) is 12.7 Å². The van der Waals surface area contributed by atoms with Crippen molar-refractivity contribution in [3.05, 3.63) is 64.7 Å². The molecular weight excluding hydrogens is 351 g/mol. The summed E-state index contributed by atoms with van der Waals surface area (Å²) in [7, 11) is 2.63. The van der Waals surface area contributed by atoms with E-state index in [0.29, 0.717) is 11.3 Å². The Kier molecular flexibility index (Phi) is 5.86. The highest BCUT2D eigenvalue weighted by atomic mass is 19.4. The van der Waals surface area contributed by atoms with Gasteiger partial charge in [0, 0.05) is 12.1 Å². The van der Waals surface area contributed by atoms with Gasteiger partial charge in [0.1, 0.15) is 11.3 Å². The van der Waals surface area contributed by atoms with Crippen LogP contribution in [-0.2, 0) is 17.5 Å². The third kappa shape index (κ3) is 4.53. The van der Waals surface area contributed by atoms with Gasteiger partial charge < -0.3 is 14.8 Å². The largest absolute Gasteiger partial charge is 0.496 e. The van der Waals surface area contributed by atoms with E-state index in [-0.39, 0.29) is 17.7 Å². The Morgan fingerprint density at radius 1 is 1.08 bits per heavy atom. The van der Waals surface area contributed by atoms with Crippen LogP contribution in [0.5, 0.6) is 5.75 Å². The van der Waals surface area contributed by atoms with Crippen LogP contribution in [0.2, 0.25) is 0 Å². The lowest BCUT2D eigenvalue weighted by atomic mass is 10.1. The van der Waals surface area contributed by atoms with Crippen LogP contribution in [0.3, 0.4) is 0 Å². The number of hydrogen-bond acceptors (Lipinski definition) is 4. The number of carbonyl (C=O) groups excluding carboxylic acids is 2. The number of nitrogens with one attached hydrogen (secondary N) is 1. The van der Waals surface area contributed by atoms with Gasteiger partial charge in [0.05, 0.1) is 19.8 Å². The molecule has 0 fully saturated rings. The van der Waals surface area contributed by atoms with Gasteiger partial charge in [-0.25, -0.2) is 4.79 Å². The molecule has 0 spiro atoms. The number of hydrogen-bond donors (Lipinski definition) is 1. The Morgan fingerprint density at radius 2 is 1.81 bits per heavy atom. The lowest BCUT2D eigenvalue weighted by Crippen LogP contribution is -2.23. The van der Waals surface area contributed by atoms with Crippen molar-refractivity contribution >= 4 is 11.9 Å². The highest BCUT2D eigenvalue weighted by Crippen LogP contribution is 2.29. The number of carbonyl (C=O) groups is 2. The van der Waals surface area contributed by atoms with Crippen LogP contribution < -0.4 is 10.1 Å². The summed E-state index contributed by atoms with van der Waals surface area (Å²) < 4.78 is 47.9. The number of rotatable bonds is 5. The summed E-state index contributed by atoms with van der Waals surface area (Å²) in [5, 5.41) is 2.52. The number of alkyl halides is 3. The molecule has 138 valence electrons. The van der Waals surface area contributed by atoms with Crippen molar-refractivity contribution in [3.8, 4) is 5.75 Å². The molecule has 0 radical (unpaired) electrons. The Balaban J connectivity index is 2.14. The zero-order valence-corrected chi connectivity index (χ0v) is 14.0. The lowest BCUT2D eigenvalue weighted by molar-refractivity contribution is -0.137. The molecule has 1 N–H and O–H groups in total. The maximum absolute atomic E-state index is 12.7. The Labute approximate surface area is 147 Å². The summed E-state index contributed by atoms with van der Waals surface area (Å²) >= 11 is 0. The van der Waals surface area contributed by atoms with E-state index < -0.39 is 23.6 Å². The monoisotopic (exact) mass is 367 g/mol. The standard InChI is InChI=1S/C18H16F3NO4/c1-25-15-7-6-11(8-14(15)17(24)26-2)10-22-16(23)12-4-3-5-13(9-12)18(19,20)21/h3-9H,10H2,1-2H3,(H,22,23). The summed E-state index contributed by atoms with van der Waals surface area (Å²) in [4.78, 5) is 23.8. The van der Waals surface area contributed by atoms with Gasteiger partial charge in [0.2, 0.25) is 0 Å². The summed E-state index contributed by atoms with van der Waals surface area (Å²) in [6.45, 7) is 0.0169. The minimum absolute atomic E-state index is 0.0169. The molecule has 0 bridgehead atoms. The average Bonchev–Trinajstić information content (AvgIpc) is 2.64. The molecule has 0 aromatic heterocycles. The van der Waals surface area contributed by atoms with Gasteiger partial charge in [-0.1, -0.05) is 12.1 Å². The number of methoxy groups -OCH3 is 2. The minimum Gasteiger partial charge on any atom is -0.496 e. The molecule has 2 aromatic rings. The van der Waals surface area contributed by atoms with Crippen molar-refractivity contribution in [2.24, 2.45) is 0 Å². The maximum atomic E-state index is 12.7. The SMILES string of the molecule is COC(=O)c1cc(CNC(=O)c2cccc(C(F)(F)F)c2)ccc1OC. The molecule has 2 aromatic carbocycles. The second-order valence-corrected chi connectivity index (χ2v) is 5.29. The fraction of sp³-hybridized carbons (Fsp3) is 0.222. The molecule has 0 aliphatic heterocycles. The van der Waals surface area contributed by atoms with Crippen LogP contribution in [0.4, 0.5) is 13.2 Å².